The lowest BCUT2D eigenvalue weighted by molar-refractivity contribution is 0.389. The van der Waals surface area contributed by atoms with Crippen LogP contribution in [0.2, 0.25) is 0 Å². The molecule has 0 heterocycles. The average Bonchev–Trinajstić information content (AvgIpc) is 2.03. The molecule has 1 rings (SSSR count). The van der Waals surface area contributed by atoms with E-state index in [-0.39, 0.29) is 0 Å². The van der Waals surface area contributed by atoms with Crippen molar-refractivity contribution in [2.24, 2.45) is 0 Å². The molecule has 2 N–H and O–H groups in total. The molecule has 1 aromatic carbocycles. The molecule has 0 bridgehead atoms. The number of anilines is 2. The molecule has 0 aliphatic rings. The highest BCUT2D eigenvalue weighted by molar-refractivity contribution is 5.72. The van der Waals surface area contributed by atoms with Gasteiger partial charge >= 0.3 is 0 Å². The van der Waals surface area contributed by atoms with Crippen molar-refractivity contribution in [3.63, 3.8) is 0 Å². The topological polar surface area (TPSA) is 35.5 Å². The van der Waals surface area contributed by atoms with Gasteiger partial charge in [0.25, 0.3) is 0 Å². The first-order chi connectivity index (χ1) is 5.66. The van der Waals surface area contributed by atoms with E-state index in [2.05, 4.69) is 5.48 Å². The first-order valence-corrected chi connectivity index (χ1v) is 3.84. The van der Waals surface area contributed by atoms with E-state index in [0.29, 0.717) is 0 Å². The van der Waals surface area contributed by atoms with E-state index < -0.39 is 0 Å². The van der Waals surface area contributed by atoms with Gasteiger partial charge in [-0.05, 0) is 18.6 Å². The van der Waals surface area contributed by atoms with Crippen molar-refractivity contribution >= 4 is 11.4 Å². The summed E-state index contributed by atoms with van der Waals surface area (Å²) in [4.78, 5) is 1.97. The highest BCUT2D eigenvalue weighted by Crippen LogP contribution is 2.27. The summed E-state index contributed by atoms with van der Waals surface area (Å²) in [7, 11) is 3.90. The van der Waals surface area contributed by atoms with Crippen molar-refractivity contribution in [1.82, 2.24) is 0 Å². The Hall–Kier alpha value is -1.22. The second-order valence-corrected chi connectivity index (χ2v) is 2.98. The van der Waals surface area contributed by atoms with Gasteiger partial charge in [0.1, 0.15) is 0 Å². The number of rotatable bonds is 2. The van der Waals surface area contributed by atoms with Gasteiger partial charge < -0.3 is 4.90 Å². The number of hydrogen-bond acceptors (Lipinski definition) is 3. The molecule has 1 aromatic rings. The average molecular weight is 166 g/mol. The van der Waals surface area contributed by atoms with Crippen LogP contribution in [0.1, 0.15) is 5.56 Å². The van der Waals surface area contributed by atoms with E-state index in [1.165, 1.54) is 0 Å². The molecule has 12 heavy (non-hydrogen) atoms. The van der Waals surface area contributed by atoms with Crippen molar-refractivity contribution in [1.29, 1.82) is 0 Å². The van der Waals surface area contributed by atoms with Crippen LogP contribution in [0.4, 0.5) is 11.4 Å². The zero-order valence-corrected chi connectivity index (χ0v) is 7.63. The summed E-state index contributed by atoms with van der Waals surface area (Å²) in [5, 5.41) is 8.82. The summed E-state index contributed by atoms with van der Waals surface area (Å²) in [6.07, 6.45) is 0. The summed E-state index contributed by atoms with van der Waals surface area (Å²) >= 11 is 0. The first-order valence-electron chi connectivity index (χ1n) is 3.84. The van der Waals surface area contributed by atoms with Gasteiger partial charge in [0.05, 0.1) is 11.4 Å². The smallest absolute Gasteiger partial charge is 0.0838 e. The van der Waals surface area contributed by atoms with E-state index in [1.807, 2.05) is 44.1 Å². The summed E-state index contributed by atoms with van der Waals surface area (Å²) in [5.74, 6) is 0. The van der Waals surface area contributed by atoms with Crippen molar-refractivity contribution in [3.05, 3.63) is 23.8 Å². The van der Waals surface area contributed by atoms with E-state index in [4.69, 9.17) is 5.21 Å². The summed E-state index contributed by atoms with van der Waals surface area (Å²) in [6.45, 7) is 2.01. The molecule has 0 aromatic heterocycles. The normalized spacial score (nSPS) is 9.67. The second kappa shape index (κ2) is 3.45. The monoisotopic (exact) mass is 166 g/mol. The third kappa shape index (κ3) is 1.51. The minimum Gasteiger partial charge on any atom is -0.376 e. The Morgan fingerprint density at radius 2 is 2.00 bits per heavy atom. The zero-order chi connectivity index (χ0) is 9.14. The third-order valence-electron chi connectivity index (χ3n) is 1.81. The van der Waals surface area contributed by atoms with E-state index in [0.717, 1.165) is 16.9 Å². The Morgan fingerprint density at radius 3 is 2.42 bits per heavy atom. The fraction of sp³-hybridized carbons (Fsp3) is 0.333. The van der Waals surface area contributed by atoms with E-state index >= 15 is 0 Å². The minimum absolute atomic E-state index is 0.736. The second-order valence-electron chi connectivity index (χ2n) is 2.98. The predicted molar refractivity (Wildman–Crippen MR) is 50.9 cm³/mol. The van der Waals surface area contributed by atoms with Crippen molar-refractivity contribution in [2.75, 3.05) is 24.5 Å². The molecule has 0 fully saturated rings. The van der Waals surface area contributed by atoms with E-state index in [9.17, 15) is 0 Å². The summed E-state index contributed by atoms with van der Waals surface area (Å²) in [6, 6.07) is 5.75. The molecule has 0 amide bonds. The molecule has 0 atom stereocenters. The fourth-order valence-corrected chi connectivity index (χ4v) is 1.34. The number of benzene rings is 1. The van der Waals surface area contributed by atoms with Crippen LogP contribution in [-0.2, 0) is 0 Å². The maximum Gasteiger partial charge on any atom is 0.0838 e. The molecule has 0 saturated carbocycles. The van der Waals surface area contributed by atoms with E-state index in [1.54, 1.807) is 0 Å². The Kier molecular flexibility index (Phi) is 2.55. The van der Waals surface area contributed by atoms with Crippen LogP contribution in [0.3, 0.4) is 0 Å². The Morgan fingerprint density at radius 1 is 1.33 bits per heavy atom. The first kappa shape index (κ1) is 8.87. The maximum absolute atomic E-state index is 8.82. The third-order valence-corrected chi connectivity index (χ3v) is 1.81. The number of para-hydroxylation sites is 1. The Balaban J connectivity index is 3.20. The summed E-state index contributed by atoms with van der Waals surface area (Å²) in [5.41, 5.74) is 5.06. The molecule has 66 valence electrons. The van der Waals surface area contributed by atoms with Crippen LogP contribution in [0.5, 0.6) is 0 Å². The highest BCUT2D eigenvalue weighted by atomic mass is 16.5. The maximum atomic E-state index is 8.82. The molecule has 0 saturated heterocycles. The molecule has 0 radical (unpaired) electrons. The Bertz CT molecular complexity index is 271. The molecular formula is C9H14N2O. The number of nitrogens with one attached hydrogen (secondary N) is 1. The summed E-state index contributed by atoms with van der Waals surface area (Å²) < 4.78 is 0. The van der Waals surface area contributed by atoms with Gasteiger partial charge in [-0.3, -0.25) is 10.7 Å². The molecule has 3 nitrogen and oxygen atoms in total. The molecule has 3 heteroatoms. The van der Waals surface area contributed by atoms with Gasteiger partial charge in [-0.1, -0.05) is 12.1 Å². The van der Waals surface area contributed by atoms with Gasteiger partial charge in [-0.2, -0.15) is 0 Å². The van der Waals surface area contributed by atoms with Gasteiger partial charge in [-0.15, -0.1) is 0 Å². The van der Waals surface area contributed by atoms with Crippen LogP contribution >= 0.6 is 0 Å². The van der Waals surface area contributed by atoms with Crippen molar-refractivity contribution < 1.29 is 5.21 Å². The number of aryl methyl sites for hydroxylation is 1. The molecule has 0 aliphatic carbocycles. The molecule has 0 spiro atoms. The van der Waals surface area contributed by atoms with Gasteiger partial charge in [-0.25, -0.2) is 0 Å². The molecule has 0 unspecified atom stereocenters. The van der Waals surface area contributed by atoms with Crippen LogP contribution in [0, 0.1) is 6.92 Å². The fourth-order valence-electron chi connectivity index (χ4n) is 1.34. The van der Waals surface area contributed by atoms with Crippen LogP contribution in [0.15, 0.2) is 18.2 Å². The standard InChI is InChI=1S/C9H14N2O/c1-7-5-4-6-8(10-12)9(7)11(2)3/h4-6,10,12H,1-3H3. The lowest BCUT2D eigenvalue weighted by Crippen LogP contribution is -2.12. The SMILES string of the molecule is Cc1cccc(NO)c1N(C)C. The van der Waals surface area contributed by atoms with Gasteiger partial charge in [0, 0.05) is 14.1 Å². The quantitative estimate of drug-likeness (QED) is 0.658. The minimum atomic E-state index is 0.736. The molecule has 0 aliphatic heterocycles. The Labute approximate surface area is 72.6 Å². The largest absolute Gasteiger partial charge is 0.376 e. The van der Waals surface area contributed by atoms with Crippen molar-refractivity contribution in [2.45, 2.75) is 6.92 Å². The lowest BCUT2D eigenvalue weighted by Gasteiger charge is -2.18. The molecular weight excluding hydrogens is 152 g/mol. The van der Waals surface area contributed by atoms with Crippen LogP contribution < -0.4 is 10.4 Å². The predicted octanol–water partition coefficient (Wildman–Crippen LogP) is 1.86. The van der Waals surface area contributed by atoms with Crippen molar-refractivity contribution in [3.8, 4) is 0 Å². The van der Waals surface area contributed by atoms with Gasteiger partial charge in [0.15, 0.2) is 0 Å². The number of nitrogens with zero attached hydrogens (tertiary/aromatic N) is 1. The number of hydrogen-bond donors (Lipinski definition) is 2. The van der Waals surface area contributed by atoms with Crippen LogP contribution in [0.25, 0.3) is 0 Å². The zero-order valence-electron chi connectivity index (χ0n) is 7.63. The van der Waals surface area contributed by atoms with Crippen LogP contribution in [-0.4, -0.2) is 19.3 Å². The van der Waals surface area contributed by atoms with Gasteiger partial charge in [0.2, 0.25) is 0 Å². The highest BCUT2D eigenvalue weighted by Gasteiger charge is 2.05. The lowest BCUT2D eigenvalue weighted by atomic mass is 10.1.